The largest absolute Gasteiger partial charge is 0.465 e. The maximum Gasteiger partial charge on any atom is 0.337 e. The Morgan fingerprint density at radius 1 is 1.24 bits per heavy atom. The maximum absolute atomic E-state index is 12.5. The molecule has 0 fully saturated rings. The molecule has 0 radical (unpaired) electrons. The van der Waals surface area contributed by atoms with Crippen LogP contribution in [0.25, 0.3) is 10.2 Å². The number of ether oxygens (including phenoxy) is 2. The quantitative estimate of drug-likeness (QED) is 0.244. The lowest BCUT2D eigenvalue weighted by Gasteiger charge is -2.06. The van der Waals surface area contributed by atoms with Crippen LogP contribution in [0.5, 0.6) is 0 Å². The van der Waals surface area contributed by atoms with E-state index in [2.05, 4.69) is 4.99 Å². The summed E-state index contributed by atoms with van der Waals surface area (Å²) in [6.07, 6.45) is 0. The van der Waals surface area contributed by atoms with Crippen LogP contribution in [0.15, 0.2) is 35.3 Å². The highest BCUT2D eigenvalue weighted by molar-refractivity contribution is 7.17. The van der Waals surface area contributed by atoms with E-state index in [0.29, 0.717) is 30.1 Å². The van der Waals surface area contributed by atoms with E-state index in [1.54, 1.807) is 18.2 Å². The van der Waals surface area contributed by atoms with Gasteiger partial charge in [-0.05, 0) is 31.2 Å². The lowest BCUT2D eigenvalue weighted by Crippen LogP contribution is -2.19. The Hall–Kier alpha value is -2.89. The van der Waals surface area contributed by atoms with Crippen molar-refractivity contribution in [1.82, 2.24) is 4.57 Å². The summed E-state index contributed by atoms with van der Waals surface area (Å²) in [5, 5.41) is 10.7. The number of amides is 1. The second kappa shape index (κ2) is 9.07. The first-order valence-corrected chi connectivity index (χ1v) is 10.2. The minimum Gasteiger partial charge on any atom is -0.465 e. The van der Waals surface area contributed by atoms with Crippen LogP contribution in [0.1, 0.15) is 27.0 Å². The van der Waals surface area contributed by atoms with E-state index in [0.717, 1.165) is 21.6 Å². The molecule has 0 spiro atoms. The molecule has 0 unspecified atom stereocenters. The van der Waals surface area contributed by atoms with Crippen LogP contribution in [-0.4, -0.2) is 41.7 Å². The number of thiophene rings is 1. The number of methoxy groups -OCH3 is 1. The number of hydrogen-bond acceptors (Lipinski definition) is 8. The third kappa shape index (κ3) is 4.58. The third-order valence-corrected chi connectivity index (χ3v) is 6.01. The molecule has 11 heteroatoms. The summed E-state index contributed by atoms with van der Waals surface area (Å²) in [5.41, 5.74) is 1.19. The van der Waals surface area contributed by atoms with Gasteiger partial charge < -0.3 is 14.0 Å². The van der Waals surface area contributed by atoms with Crippen LogP contribution in [0, 0.1) is 10.1 Å². The average molecular weight is 435 g/mol. The highest BCUT2D eigenvalue weighted by Gasteiger charge is 2.16. The molecular formula is C18H17N3O6S2. The molecule has 1 amide bonds. The Morgan fingerprint density at radius 2 is 2.03 bits per heavy atom. The fraction of sp³-hybridized carbons (Fsp3) is 0.278. The zero-order chi connectivity index (χ0) is 21.0. The van der Waals surface area contributed by atoms with Gasteiger partial charge in [-0.1, -0.05) is 22.7 Å². The van der Waals surface area contributed by atoms with Crippen LogP contribution < -0.4 is 4.80 Å². The summed E-state index contributed by atoms with van der Waals surface area (Å²) in [7, 11) is 1.31. The minimum atomic E-state index is -0.562. The van der Waals surface area contributed by atoms with E-state index >= 15 is 0 Å². The van der Waals surface area contributed by atoms with E-state index in [1.165, 1.54) is 30.6 Å². The van der Waals surface area contributed by atoms with Crippen molar-refractivity contribution in [2.45, 2.75) is 13.5 Å². The van der Waals surface area contributed by atoms with Crippen molar-refractivity contribution in [1.29, 1.82) is 0 Å². The van der Waals surface area contributed by atoms with Crippen LogP contribution in [0.2, 0.25) is 0 Å². The van der Waals surface area contributed by atoms with Crippen LogP contribution in [0.3, 0.4) is 0 Å². The lowest BCUT2D eigenvalue weighted by molar-refractivity contribution is -0.380. The number of aromatic nitrogens is 1. The molecule has 0 atom stereocenters. The van der Waals surface area contributed by atoms with Crippen molar-refractivity contribution in [3.63, 3.8) is 0 Å². The molecular weight excluding hydrogens is 418 g/mol. The smallest absolute Gasteiger partial charge is 0.337 e. The van der Waals surface area contributed by atoms with Gasteiger partial charge in [0.05, 0.1) is 34.4 Å². The molecule has 152 valence electrons. The van der Waals surface area contributed by atoms with Gasteiger partial charge in [0.25, 0.3) is 5.91 Å². The van der Waals surface area contributed by atoms with Crippen molar-refractivity contribution >= 4 is 49.8 Å². The number of carbonyl (C=O) groups excluding carboxylic acids is 2. The second-order valence-electron chi connectivity index (χ2n) is 5.72. The summed E-state index contributed by atoms with van der Waals surface area (Å²) in [6.45, 7) is 3.33. The van der Waals surface area contributed by atoms with Crippen LogP contribution >= 0.6 is 22.7 Å². The van der Waals surface area contributed by atoms with Crippen LogP contribution in [0.4, 0.5) is 5.00 Å². The molecule has 2 heterocycles. The molecule has 0 saturated heterocycles. The fourth-order valence-electron chi connectivity index (χ4n) is 2.60. The van der Waals surface area contributed by atoms with Gasteiger partial charge in [0, 0.05) is 19.2 Å². The van der Waals surface area contributed by atoms with Crippen molar-refractivity contribution in [3.8, 4) is 0 Å². The van der Waals surface area contributed by atoms with Crippen molar-refractivity contribution in [2.75, 3.05) is 20.3 Å². The predicted octanol–water partition coefficient (Wildman–Crippen LogP) is 3.24. The number of hydrogen-bond donors (Lipinski definition) is 0. The van der Waals surface area contributed by atoms with E-state index in [1.807, 2.05) is 11.5 Å². The monoisotopic (exact) mass is 435 g/mol. The number of nitrogens with zero attached hydrogens (tertiary/aromatic N) is 3. The normalized spacial score (nSPS) is 11.7. The molecule has 29 heavy (non-hydrogen) atoms. The topological polar surface area (TPSA) is 113 Å². The first-order valence-electron chi connectivity index (χ1n) is 8.57. The van der Waals surface area contributed by atoms with Gasteiger partial charge >= 0.3 is 11.0 Å². The van der Waals surface area contributed by atoms with Gasteiger partial charge in [0.2, 0.25) is 0 Å². The Balaban J connectivity index is 2.06. The van der Waals surface area contributed by atoms with Gasteiger partial charge in [-0.15, -0.1) is 0 Å². The van der Waals surface area contributed by atoms with Gasteiger partial charge in [-0.3, -0.25) is 14.9 Å². The number of nitro groups is 1. The third-order valence-electron chi connectivity index (χ3n) is 3.95. The summed E-state index contributed by atoms with van der Waals surface area (Å²) in [4.78, 5) is 39.4. The van der Waals surface area contributed by atoms with Gasteiger partial charge in [0.1, 0.15) is 4.88 Å². The molecule has 0 aliphatic carbocycles. The average Bonchev–Trinajstić information content (AvgIpc) is 3.33. The Kier molecular flexibility index (Phi) is 6.52. The SMILES string of the molecule is CCOCCn1c(=NC(=O)c2ccc([N+](=O)[O-])s2)sc2cc(C(=O)OC)ccc21. The number of carbonyl (C=O) groups is 2. The summed E-state index contributed by atoms with van der Waals surface area (Å²) in [5.74, 6) is -1.02. The number of esters is 1. The van der Waals surface area contributed by atoms with Crippen molar-refractivity contribution in [3.05, 3.63) is 55.7 Å². The molecule has 0 bridgehead atoms. The molecule has 1 aromatic carbocycles. The molecule has 3 aromatic rings. The van der Waals surface area contributed by atoms with E-state index in [-0.39, 0.29) is 9.88 Å². The minimum absolute atomic E-state index is 0.119. The maximum atomic E-state index is 12.5. The zero-order valence-corrected chi connectivity index (χ0v) is 17.2. The standard InChI is InChI=1S/C18H17N3O6S2/c1-3-27-9-8-20-12-5-4-11(17(23)26-2)10-14(12)29-18(20)19-16(22)13-6-7-15(28-13)21(24)25/h4-7,10H,3,8-9H2,1-2H3. The van der Waals surface area contributed by atoms with Crippen LogP contribution in [-0.2, 0) is 16.0 Å². The first kappa shape index (κ1) is 20.8. The number of thiazole rings is 1. The summed E-state index contributed by atoms with van der Waals surface area (Å²) in [6, 6.07) is 7.77. The Bertz CT molecular complexity index is 1140. The Labute approximate surface area is 173 Å². The van der Waals surface area contributed by atoms with Gasteiger partial charge in [-0.2, -0.15) is 4.99 Å². The second-order valence-corrected chi connectivity index (χ2v) is 7.79. The summed E-state index contributed by atoms with van der Waals surface area (Å²) >= 11 is 2.02. The Morgan fingerprint density at radius 3 is 2.69 bits per heavy atom. The molecule has 3 rings (SSSR count). The van der Waals surface area contributed by atoms with E-state index in [9.17, 15) is 19.7 Å². The molecule has 0 N–H and O–H groups in total. The van der Waals surface area contributed by atoms with Gasteiger partial charge in [0.15, 0.2) is 4.80 Å². The van der Waals surface area contributed by atoms with Crippen molar-refractivity contribution in [2.24, 2.45) is 4.99 Å². The number of fused-ring (bicyclic) bond motifs is 1. The predicted molar refractivity (Wildman–Crippen MR) is 109 cm³/mol. The molecule has 0 aliphatic rings. The highest BCUT2D eigenvalue weighted by atomic mass is 32.1. The van der Waals surface area contributed by atoms with Crippen molar-refractivity contribution < 1.29 is 24.0 Å². The molecule has 0 aliphatic heterocycles. The highest BCUT2D eigenvalue weighted by Crippen LogP contribution is 2.25. The first-order chi connectivity index (χ1) is 13.9. The van der Waals surface area contributed by atoms with Gasteiger partial charge in [-0.25, -0.2) is 4.79 Å². The van der Waals surface area contributed by atoms with E-state index < -0.39 is 16.8 Å². The zero-order valence-electron chi connectivity index (χ0n) is 15.6. The lowest BCUT2D eigenvalue weighted by atomic mass is 10.2. The van der Waals surface area contributed by atoms with E-state index in [4.69, 9.17) is 9.47 Å². The fourth-order valence-corrected chi connectivity index (χ4v) is 4.40. The number of benzene rings is 1. The molecule has 2 aromatic heterocycles. The summed E-state index contributed by atoms with van der Waals surface area (Å²) < 4.78 is 12.8. The molecule has 0 saturated carbocycles. The molecule has 9 nitrogen and oxygen atoms in total. The number of rotatable bonds is 7.